The molecular formula is C18H21N3O3. The Morgan fingerprint density at radius 3 is 3.00 bits per heavy atom. The molecule has 1 aromatic heterocycles. The lowest BCUT2D eigenvalue weighted by Crippen LogP contribution is -2.40. The molecule has 1 aliphatic heterocycles. The highest BCUT2D eigenvalue weighted by Crippen LogP contribution is 2.25. The molecule has 2 heterocycles. The molecule has 24 heavy (non-hydrogen) atoms. The van der Waals surface area contributed by atoms with Gasteiger partial charge in [0.1, 0.15) is 24.3 Å². The van der Waals surface area contributed by atoms with Crippen LogP contribution >= 0.6 is 0 Å². The summed E-state index contributed by atoms with van der Waals surface area (Å²) < 4.78 is 5.72. The number of rotatable bonds is 4. The van der Waals surface area contributed by atoms with E-state index in [1.54, 1.807) is 11.8 Å². The second-order valence-electron chi connectivity index (χ2n) is 6.33. The van der Waals surface area contributed by atoms with Crippen molar-refractivity contribution in [3.63, 3.8) is 0 Å². The number of hydrogen-bond donors (Lipinski definition) is 1. The van der Waals surface area contributed by atoms with Crippen molar-refractivity contribution < 1.29 is 14.6 Å². The van der Waals surface area contributed by atoms with Crippen molar-refractivity contribution in [3.05, 3.63) is 53.6 Å². The average Bonchev–Trinajstić information content (AvgIpc) is 2.96. The minimum absolute atomic E-state index is 0.153. The average molecular weight is 327 g/mol. The number of nitrogens with zero attached hydrogens (tertiary/aromatic N) is 3. The number of hydrogen-bond acceptors (Lipinski definition) is 5. The maximum absolute atomic E-state index is 12.6. The van der Waals surface area contributed by atoms with Crippen LogP contribution < -0.4 is 4.74 Å². The molecular weight excluding hydrogens is 306 g/mol. The van der Waals surface area contributed by atoms with Crippen molar-refractivity contribution in [2.24, 2.45) is 0 Å². The van der Waals surface area contributed by atoms with Crippen molar-refractivity contribution in [2.45, 2.75) is 25.9 Å². The van der Waals surface area contributed by atoms with E-state index in [1.807, 2.05) is 31.2 Å². The van der Waals surface area contributed by atoms with Gasteiger partial charge < -0.3 is 14.7 Å². The van der Waals surface area contributed by atoms with Gasteiger partial charge in [0.2, 0.25) is 0 Å². The summed E-state index contributed by atoms with van der Waals surface area (Å²) in [7, 11) is 0. The molecule has 0 unspecified atom stereocenters. The molecule has 2 aromatic rings. The molecule has 1 saturated heterocycles. The maximum Gasteiger partial charge on any atom is 0.257 e. The molecule has 1 fully saturated rings. The van der Waals surface area contributed by atoms with Crippen molar-refractivity contribution in [1.29, 1.82) is 0 Å². The lowest BCUT2D eigenvalue weighted by Gasteiger charge is -2.24. The van der Waals surface area contributed by atoms with Gasteiger partial charge in [-0.1, -0.05) is 12.1 Å². The predicted octanol–water partition coefficient (Wildman–Crippen LogP) is 1.75. The van der Waals surface area contributed by atoms with Gasteiger partial charge in [-0.15, -0.1) is 0 Å². The Balaban J connectivity index is 1.63. The number of aryl methyl sites for hydroxylation is 2. The van der Waals surface area contributed by atoms with Crippen LogP contribution in [-0.4, -0.2) is 51.2 Å². The summed E-state index contributed by atoms with van der Waals surface area (Å²) in [5.41, 5.74) is 1.17. The van der Waals surface area contributed by atoms with E-state index in [-0.39, 0.29) is 19.1 Å². The van der Waals surface area contributed by atoms with Crippen LogP contribution in [0.15, 0.2) is 36.8 Å². The smallest absolute Gasteiger partial charge is 0.257 e. The number of carbonyl (C=O) groups excluding carboxylic acids is 1. The number of carbonyl (C=O) groups is 1. The number of amides is 1. The molecule has 1 aromatic carbocycles. The fourth-order valence-electron chi connectivity index (χ4n) is 2.84. The maximum atomic E-state index is 12.6. The lowest BCUT2D eigenvalue weighted by atomic mass is 10.1. The van der Waals surface area contributed by atoms with Crippen LogP contribution in [0.25, 0.3) is 0 Å². The number of β-amino-alcohol motifs (C(OH)–C–C–N with tert-alkyl or cyclic N) is 1. The highest BCUT2D eigenvalue weighted by molar-refractivity contribution is 5.95. The van der Waals surface area contributed by atoms with Gasteiger partial charge in [0.05, 0.1) is 17.8 Å². The molecule has 126 valence electrons. The zero-order valence-corrected chi connectivity index (χ0v) is 13.9. The molecule has 0 aliphatic carbocycles. The monoisotopic (exact) mass is 327 g/mol. The summed E-state index contributed by atoms with van der Waals surface area (Å²) in [6, 6.07) is 7.68. The third-order valence-electron chi connectivity index (χ3n) is 4.26. The molecule has 0 bridgehead atoms. The van der Waals surface area contributed by atoms with E-state index in [2.05, 4.69) is 9.97 Å². The van der Waals surface area contributed by atoms with E-state index in [0.29, 0.717) is 24.2 Å². The number of aliphatic hydroxyl groups is 1. The Labute approximate surface area is 141 Å². The number of likely N-dealkylation sites (tertiary alicyclic amines) is 1. The predicted molar refractivity (Wildman–Crippen MR) is 88.9 cm³/mol. The van der Waals surface area contributed by atoms with Gasteiger partial charge in [0.25, 0.3) is 5.91 Å². The molecule has 0 spiro atoms. The summed E-state index contributed by atoms with van der Waals surface area (Å²) >= 11 is 0. The van der Waals surface area contributed by atoms with Gasteiger partial charge >= 0.3 is 0 Å². The Kier molecular flexibility index (Phi) is 4.49. The standard InChI is InChI=1S/C18H21N3O3/c1-13-4-3-5-15(8-13)24-11-18(23)6-7-21(10-18)17(22)16-9-19-12-20-14(16)2/h3-5,8-9,12,23H,6-7,10-11H2,1-2H3/t18-/m1/s1. The van der Waals surface area contributed by atoms with Crippen molar-refractivity contribution in [2.75, 3.05) is 19.7 Å². The first kappa shape index (κ1) is 16.4. The second-order valence-corrected chi connectivity index (χ2v) is 6.33. The van der Waals surface area contributed by atoms with E-state index in [1.165, 1.54) is 12.5 Å². The number of ether oxygens (including phenoxy) is 1. The van der Waals surface area contributed by atoms with E-state index >= 15 is 0 Å². The molecule has 1 amide bonds. The lowest BCUT2D eigenvalue weighted by molar-refractivity contribution is 0.00427. The Bertz CT molecular complexity index is 750. The van der Waals surface area contributed by atoms with Gasteiger partial charge in [-0.25, -0.2) is 9.97 Å². The van der Waals surface area contributed by atoms with Crippen LogP contribution in [0.3, 0.4) is 0 Å². The van der Waals surface area contributed by atoms with Crippen LogP contribution in [-0.2, 0) is 0 Å². The van der Waals surface area contributed by atoms with Gasteiger partial charge in [-0.2, -0.15) is 0 Å². The molecule has 3 rings (SSSR count). The van der Waals surface area contributed by atoms with E-state index in [4.69, 9.17) is 4.74 Å². The summed E-state index contributed by atoms with van der Waals surface area (Å²) in [6.07, 6.45) is 3.42. The van der Waals surface area contributed by atoms with Gasteiger partial charge in [-0.3, -0.25) is 4.79 Å². The third-order valence-corrected chi connectivity index (χ3v) is 4.26. The largest absolute Gasteiger partial charge is 0.491 e. The third kappa shape index (κ3) is 3.54. The molecule has 1 atom stereocenters. The number of aromatic nitrogens is 2. The van der Waals surface area contributed by atoms with Crippen molar-refractivity contribution >= 4 is 5.91 Å². The first-order valence-corrected chi connectivity index (χ1v) is 7.95. The summed E-state index contributed by atoms with van der Waals surface area (Å²) in [5, 5.41) is 10.7. The van der Waals surface area contributed by atoms with Gasteiger partial charge in [0.15, 0.2) is 0 Å². The summed E-state index contributed by atoms with van der Waals surface area (Å²) in [5.74, 6) is 0.570. The van der Waals surface area contributed by atoms with Crippen molar-refractivity contribution in [3.8, 4) is 5.75 Å². The quantitative estimate of drug-likeness (QED) is 0.926. The van der Waals surface area contributed by atoms with Gasteiger partial charge in [0, 0.05) is 12.7 Å². The molecule has 6 nitrogen and oxygen atoms in total. The van der Waals surface area contributed by atoms with Crippen LogP contribution in [0, 0.1) is 13.8 Å². The number of benzene rings is 1. The van der Waals surface area contributed by atoms with E-state index in [0.717, 1.165) is 11.3 Å². The summed E-state index contributed by atoms with van der Waals surface area (Å²) in [4.78, 5) is 22.2. The second kappa shape index (κ2) is 6.57. The fraction of sp³-hybridized carbons (Fsp3) is 0.389. The van der Waals surface area contributed by atoms with Crippen molar-refractivity contribution in [1.82, 2.24) is 14.9 Å². The van der Waals surface area contributed by atoms with Crippen LogP contribution in [0.4, 0.5) is 0 Å². The normalized spacial score (nSPS) is 20.2. The topological polar surface area (TPSA) is 75.6 Å². The minimum atomic E-state index is -1.04. The molecule has 6 heteroatoms. The first-order valence-electron chi connectivity index (χ1n) is 7.95. The first-order chi connectivity index (χ1) is 11.5. The van der Waals surface area contributed by atoms with Crippen LogP contribution in [0.2, 0.25) is 0 Å². The Hall–Kier alpha value is -2.47. The molecule has 1 N–H and O–H groups in total. The van der Waals surface area contributed by atoms with E-state index in [9.17, 15) is 9.90 Å². The van der Waals surface area contributed by atoms with Crippen LogP contribution in [0.1, 0.15) is 28.0 Å². The zero-order chi connectivity index (χ0) is 17.2. The Morgan fingerprint density at radius 2 is 2.25 bits per heavy atom. The highest BCUT2D eigenvalue weighted by Gasteiger charge is 2.39. The fourth-order valence-corrected chi connectivity index (χ4v) is 2.84. The summed E-state index contributed by atoms with van der Waals surface area (Å²) in [6.45, 7) is 4.65. The minimum Gasteiger partial charge on any atom is -0.491 e. The Morgan fingerprint density at radius 1 is 1.42 bits per heavy atom. The SMILES string of the molecule is Cc1cccc(OC[C@@]2(O)CCN(C(=O)c3cncnc3C)C2)c1. The highest BCUT2D eigenvalue weighted by atomic mass is 16.5. The van der Waals surface area contributed by atoms with Gasteiger partial charge in [-0.05, 0) is 38.0 Å². The van der Waals surface area contributed by atoms with Crippen LogP contribution in [0.5, 0.6) is 5.75 Å². The van der Waals surface area contributed by atoms with E-state index < -0.39 is 5.60 Å². The zero-order valence-electron chi connectivity index (χ0n) is 13.9. The molecule has 0 saturated carbocycles. The molecule has 0 radical (unpaired) electrons. The molecule has 1 aliphatic rings.